The van der Waals surface area contributed by atoms with Gasteiger partial charge in [-0.3, -0.25) is 5.32 Å². The Hall–Kier alpha value is -1.17. The van der Waals surface area contributed by atoms with E-state index in [9.17, 15) is 0 Å². The summed E-state index contributed by atoms with van der Waals surface area (Å²) >= 11 is 0. The standard InChI is InChI=1S/C4H7N3/c1-4(6-2)7-3-5/h6-7H,1H2,2H3. The highest BCUT2D eigenvalue weighted by Crippen LogP contribution is 1.65. The van der Waals surface area contributed by atoms with E-state index in [4.69, 9.17) is 5.26 Å². The Balaban J connectivity index is 3.23. The van der Waals surface area contributed by atoms with E-state index in [1.807, 2.05) is 0 Å². The van der Waals surface area contributed by atoms with E-state index in [1.54, 1.807) is 13.2 Å². The summed E-state index contributed by atoms with van der Waals surface area (Å²) in [6.07, 6.45) is 1.71. The number of nitrogens with zero attached hydrogens (tertiary/aromatic N) is 1. The second-order valence-electron chi connectivity index (χ2n) is 0.965. The first-order valence-corrected chi connectivity index (χ1v) is 1.83. The molecule has 3 nitrogen and oxygen atoms in total. The highest BCUT2D eigenvalue weighted by atomic mass is 15.1. The summed E-state index contributed by atoms with van der Waals surface area (Å²) in [4.78, 5) is 0. The molecular weight excluding hydrogens is 90.1 g/mol. The lowest BCUT2D eigenvalue weighted by atomic mass is 10.8. The molecular formula is C4H7N3. The summed E-state index contributed by atoms with van der Waals surface area (Å²) in [6.45, 7) is 3.42. The molecule has 0 radical (unpaired) electrons. The maximum absolute atomic E-state index is 7.91. The molecule has 0 atom stereocenters. The fraction of sp³-hybridized carbons (Fsp3) is 0.250. The van der Waals surface area contributed by atoms with Crippen molar-refractivity contribution in [3.8, 4) is 6.19 Å². The number of hydrogen-bond donors (Lipinski definition) is 2. The van der Waals surface area contributed by atoms with Gasteiger partial charge in [0.2, 0.25) is 0 Å². The average Bonchev–Trinajstić information content (AvgIpc) is 1.68. The molecule has 0 aromatic rings. The van der Waals surface area contributed by atoms with Crippen LogP contribution in [0.15, 0.2) is 12.4 Å². The zero-order valence-electron chi connectivity index (χ0n) is 4.15. The van der Waals surface area contributed by atoms with Crippen molar-refractivity contribution in [2.24, 2.45) is 0 Å². The molecule has 0 saturated carbocycles. The molecule has 7 heavy (non-hydrogen) atoms. The van der Waals surface area contributed by atoms with Crippen LogP contribution in [0.3, 0.4) is 0 Å². The second-order valence-corrected chi connectivity index (χ2v) is 0.965. The maximum atomic E-state index is 7.91. The molecule has 0 spiro atoms. The Kier molecular flexibility index (Phi) is 2.53. The van der Waals surface area contributed by atoms with Crippen molar-refractivity contribution in [3.63, 3.8) is 0 Å². The van der Waals surface area contributed by atoms with Crippen LogP contribution in [-0.4, -0.2) is 7.05 Å². The minimum Gasteiger partial charge on any atom is -0.375 e. The number of rotatable bonds is 2. The molecule has 2 N–H and O–H groups in total. The third kappa shape index (κ3) is 2.64. The zero-order valence-corrected chi connectivity index (χ0v) is 4.15. The first-order valence-electron chi connectivity index (χ1n) is 1.83. The van der Waals surface area contributed by atoms with Crippen LogP contribution in [-0.2, 0) is 0 Å². The lowest BCUT2D eigenvalue weighted by Gasteiger charge is -1.95. The molecule has 0 amide bonds. The molecule has 0 heterocycles. The zero-order chi connectivity index (χ0) is 5.70. The summed E-state index contributed by atoms with van der Waals surface area (Å²) in [6, 6.07) is 0. The summed E-state index contributed by atoms with van der Waals surface area (Å²) in [7, 11) is 1.69. The molecule has 0 aromatic carbocycles. The predicted molar refractivity (Wildman–Crippen MR) is 26.9 cm³/mol. The summed E-state index contributed by atoms with van der Waals surface area (Å²) < 4.78 is 0. The van der Waals surface area contributed by atoms with Crippen molar-refractivity contribution >= 4 is 0 Å². The Morgan fingerprint density at radius 3 is 2.57 bits per heavy atom. The fourth-order valence-electron chi connectivity index (χ4n) is 0.130. The van der Waals surface area contributed by atoms with Crippen LogP contribution in [0.25, 0.3) is 0 Å². The third-order valence-corrected chi connectivity index (χ3v) is 0.509. The van der Waals surface area contributed by atoms with E-state index in [2.05, 4.69) is 17.2 Å². The van der Waals surface area contributed by atoms with E-state index in [-0.39, 0.29) is 0 Å². The first-order chi connectivity index (χ1) is 3.31. The molecule has 0 aromatic heterocycles. The molecule has 0 saturated heterocycles. The number of hydrogen-bond acceptors (Lipinski definition) is 3. The molecule has 0 aliphatic rings. The summed E-state index contributed by atoms with van der Waals surface area (Å²) in [5.41, 5.74) is 0. The van der Waals surface area contributed by atoms with Crippen molar-refractivity contribution in [2.75, 3.05) is 7.05 Å². The van der Waals surface area contributed by atoms with Crippen LogP contribution in [0.2, 0.25) is 0 Å². The van der Waals surface area contributed by atoms with E-state index in [1.165, 1.54) is 0 Å². The molecule has 0 fully saturated rings. The maximum Gasteiger partial charge on any atom is 0.182 e. The van der Waals surface area contributed by atoms with E-state index in [0.717, 1.165) is 0 Å². The van der Waals surface area contributed by atoms with Crippen LogP contribution < -0.4 is 10.6 Å². The molecule has 3 heteroatoms. The Labute approximate surface area is 42.6 Å². The van der Waals surface area contributed by atoms with Gasteiger partial charge in [-0.05, 0) is 0 Å². The first kappa shape index (κ1) is 5.83. The van der Waals surface area contributed by atoms with Crippen LogP contribution in [0.4, 0.5) is 0 Å². The smallest absolute Gasteiger partial charge is 0.182 e. The van der Waals surface area contributed by atoms with Crippen LogP contribution in [0.1, 0.15) is 0 Å². The SMILES string of the molecule is C=C(NC)NC#N. The van der Waals surface area contributed by atoms with Gasteiger partial charge in [0.15, 0.2) is 6.19 Å². The minimum absolute atomic E-state index is 0.516. The average molecular weight is 97.1 g/mol. The summed E-state index contributed by atoms with van der Waals surface area (Å²) in [5, 5.41) is 12.8. The molecule has 0 unspecified atom stereocenters. The predicted octanol–water partition coefficient (Wildman–Crippen LogP) is -0.252. The normalized spacial score (nSPS) is 6.29. The Morgan fingerprint density at radius 2 is 2.43 bits per heavy atom. The van der Waals surface area contributed by atoms with Gasteiger partial charge < -0.3 is 5.32 Å². The van der Waals surface area contributed by atoms with Crippen LogP contribution >= 0.6 is 0 Å². The van der Waals surface area contributed by atoms with Gasteiger partial charge in [-0.15, -0.1) is 0 Å². The summed E-state index contributed by atoms with van der Waals surface area (Å²) in [5.74, 6) is 0.516. The van der Waals surface area contributed by atoms with Gasteiger partial charge >= 0.3 is 0 Å². The lowest BCUT2D eigenvalue weighted by Crippen LogP contribution is -2.16. The van der Waals surface area contributed by atoms with Crippen molar-refractivity contribution in [1.29, 1.82) is 5.26 Å². The van der Waals surface area contributed by atoms with Crippen molar-refractivity contribution < 1.29 is 0 Å². The van der Waals surface area contributed by atoms with Gasteiger partial charge in [0, 0.05) is 7.05 Å². The van der Waals surface area contributed by atoms with Gasteiger partial charge in [0.05, 0.1) is 0 Å². The third-order valence-electron chi connectivity index (χ3n) is 0.509. The Bertz CT molecular complexity index is 100.0. The van der Waals surface area contributed by atoms with E-state index < -0.39 is 0 Å². The van der Waals surface area contributed by atoms with E-state index in [0.29, 0.717) is 5.82 Å². The highest BCUT2D eigenvalue weighted by molar-refractivity contribution is 4.92. The van der Waals surface area contributed by atoms with Gasteiger partial charge in [0.1, 0.15) is 5.82 Å². The second kappa shape index (κ2) is 3.04. The molecule has 0 bridgehead atoms. The van der Waals surface area contributed by atoms with Gasteiger partial charge in [-0.2, -0.15) is 5.26 Å². The molecule has 38 valence electrons. The van der Waals surface area contributed by atoms with E-state index >= 15 is 0 Å². The van der Waals surface area contributed by atoms with Gasteiger partial charge in [0.25, 0.3) is 0 Å². The van der Waals surface area contributed by atoms with Crippen LogP contribution in [0.5, 0.6) is 0 Å². The quantitative estimate of drug-likeness (QED) is 0.369. The van der Waals surface area contributed by atoms with Gasteiger partial charge in [-0.1, -0.05) is 6.58 Å². The largest absolute Gasteiger partial charge is 0.375 e. The number of nitriles is 1. The van der Waals surface area contributed by atoms with Crippen molar-refractivity contribution in [1.82, 2.24) is 10.6 Å². The topological polar surface area (TPSA) is 47.8 Å². The molecule has 0 aliphatic carbocycles. The van der Waals surface area contributed by atoms with Crippen molar-refractivity contribution in [3.05, 3.63) is 12.4 Å². The van der Waals surface area contributed by atoms with Gasteiger partial charge in [-0.25, -0.2) is 0 Å². The number of nitrogens with one attached hydrogen (secondary N) is 2. The fourth-order valence-corrected chi connectivity index (χ4v) is 0.130. The highest BCUT2D eigenvalue weighted by Gasteiger charge is 1.77. The van der Waals surface area contributed by atoms with Crippen LogP contribution in [0, 0.1) is 11.5 Å². The molecule has 0 rings (SSSR count). The van der Waals surface area contributed by atoms with Crippen molar-refractivity contribution in [2.45, 2.75) is 0 Å². The Morgan fingerprint density at radius 1 is 1.86 bits per heavy atom. The molecule has 0 aliphatic heterocycles. The minimum atomic E-state index is 0.516. The lowest BCUT2D eigenvalue weighted by molar-refractivity contribution is 0.887. The monoisotopic (exact) mass is 97.1 g/mol.